The number of benzene rings is 2. The molecule has 38 heavy (non-hydrogen) atoms. The molecule has 2 amide bonds. The summed E-state index contributed by atoms with van der Waals surface area (Å²) in [7, 11) is -2.66. The molecule has 0 aliphatic heterocycles. The molecule has 1 heterocycles. The number of aromatic amines is 1. The first kappa shape index (κ1) is 28.9. The topological polar surface area (TPSA) is 182 Å². The number of nitrogens with two attached hydrogens (primary N) is 1. The third-order valence-corrected chi connectivity index (χ3v) is 6.60. The van der Waals surface area contributed by atoms with Crippen molar-refractivity contribution in [2.45, 2.75) is 51.4 Å². The second-order valence-electron chi connectivity index (χ2n) is 9.28. The Balaban J connectivity index is 1.74. The third kappa shape index (κ3) is 8.74. The first-order valence-electron chi connectivity index (χ1n) is 12.1. The minimum absolute atomic E-state index is 0.0308. The maximum Gasteiger partial charge on any atom is 0.373 e. The highest BCUT2D eigenvalue weighted by atomic mass is 31.1. The van der Waals surface area contributed by atoms with Crippen molar-refractivity contribution >= 4 is 42.4 Å². The van der Waals surface area contributed by atoms with Crippen LogP contribution in [0.5, 0.6) is 0 Å². The van der Waals surface area contributed by atoms with E-state index in [-0.39, 0.29) is 25.2 Å². The number of amides is 2. The average molecular weight is 542 g/mol. The Morgan fingerprint density at radius 3 is 2.55 bits per heavy atom. The van der Waals surface area contributed by atoms with Gasteiger partial charge < -0.3 is 31.4 Å². The second-order valence-corrected chi connectivity index (χ2v) is 10.3. The lowest BCUT2D eigenvalue weighted by atomic mass is 9.98. The number of fused-ring (bicyclic) bond motifs is 1. The highest BCUT2D eigenvalue weighted by Gasteiger charge is 2.28. The van der Waals surface area contributed by atoms with Gasteiger partial charge >= 0.3 is 5.97 Å². The molecule has 0 bridgehead atoms. The monoisotopic (exact) mass is 541 g/mol. The fraction of sp³-hybridized carbons (Fsp3) is 0.346. The minimum Gasteiger partial charge on any atom is -0.603 e. The van der Waals surface area contributed by atoms with Gasteiger partial charge in [0.1, 0.15) is 6.04 Å². The van der Waals surface area contributed by atoms with Crippen molar-refractivity contribution in [3.8, 4) is 0 Å². The number of carboxylic acids is 1. The van der Waals surface area contributed by atoms with E-state index in [1.807, 2.05) is 56.3 Å². The lowest BCUT2D eigenvalue weighted by Gasteiger charge is -2.24. The summed E-state index contributed by atoms with van der Waals surface area (Å²) in [6, 6.07) is 11.6. The number of rotatable bonds is 13. The molecule has 6 N–H and O–H groups in total. The molecule has 3 rings (SSSR count). The molecule has 0 saturated carbocycles. The maximum absolute atomic E-state index is 13.3. The maximum atomic E-state index is 13.3. The van der Waals surface area contributed by atoms with E-state index in [1.54, 1.807) is 0 Å². The van der Waals surface area contributed by atoms with Crippen LogP contribution in [0.15, 0.2) is 55.0 Å². The van der Waals surface area contributed by atoms with E-state index < -0.39 is 44.1 Å². The summed E-state index contributed by atoms with van der Waals surface area (Å²) in [5.74, 6) is -1.97. The van der Waals surface area contributed by atoms with Crippen LogP contribution in [0.25, 0.3) is 10.8 Å². The zero-order chi connectivity index (χ0) is 27.7. The number of H-pyrrole nitrogens is 1. The van der Waals surface area contributed by atoms with E-state index >= 15 is 0 Å². The molecule has 12 heteroatoms. The van der Waals surface area contributed by atoms with Crippen molar-refractivity contribution in [1.29, 1.82) is 0 Å². The number of hydrogen-bond donors (Lipinski definition) is 5. The van der Waals surface area contributed by atoms with Crippen molar-refractivity contribution in [3.05, 3.63) is 66.2 Å². The van der Waals surface area contributed by atoms with E-state index in [0.717, 1.165) is 16.3 Å². The number of imidazole rings is 1. The van der Waals surface area contributed by atoms with Crippen molar-refractivity contribution in [2.24, 2.45) is 11.7 Å². The summed E-state index contributed by atoms with van der Waals surface area (Å²) in [6.07, 6.45) is 2.56. The van der Waals surface area contributed by atoms with Gasteiger partial charge in [0.2, 0.25) is 25.6 Å². The number of aliphatic carboxylic acids is 1. The Kier molecular flexibility index (Phi) is 10.5. The third-order valence-electron chi connectivity index (χ3n) is 5.70. The van der Waals surface area contributed by atoms with E-state index in [2.05, 4.69) is 20.6 Å². The smallest absolute Gasteiger partial charge is 0.373 e. The molecule has 0 spiro atoms. The Labute approximate surface area is 221 Å². The summed E-state index contributed by atoms with van der Waals surface area (Å²) in [5.41, 5.74) is 7.76. The van der Waals surface area contributed by atoms with Crippen LogP contribution in [-0.2, 0) is 31.7 Å². The van der Waals surface area contributed by atoms with Gasteiger partial charge in [-0.25, -0.2) is 9.78 Å². The van der Waals surface area contributed by atoms with Crippen LogP contribution in [0.1, 0.15) is 31.5 Å². The van der Waals surface area contributed by atoms with Crippen LogP contribution in [0.3, 0.4) is 0 Å². The fourth-order valence-corrected chi connectivity index (χ4v) is 4.60. The average Bonchev–Trinajstić information content (AvgIpc) is 3.36. The predicted octanol–water partition coefficient (Wildman–Crippen LogP) is 1.22. The molecule has 1 aromatic heterocycles. The molecule has 0 fully saturated rings. The summed E-state index contributed by atoms with van der Waals surface area (Å²) in [6.45, 7) is 3.74. The lowest BCUT2D eigenvalue weighted by molar-refractivity contribution is -0.177. The highest BCUT2D eigenvalue weighted by molar-refractivity contribution is 7.47. The summed E-state index contributed by atoms with van der Waals surface area (Å²) >= 11 is 0. The highest BCUT2D eigenvalue weighted by Crippen LogP contribution is 2.20. The SMILES string of the molecule is CC(C)C[C@@H](NC(=O)C(Cc1cnc[nH]1)NC(=O)[C@H](N)Cc1cccc2ccccc12)O/[P+]([O-])=C/C(=O)O. The number of nitrogens with one attached hydrogen (secondary N) is 3. The van der Waals surface area contributed by atoms with Crippen LogP contribution in [0.4, 0.5) is 0 Å². The largest absolute Gasteiger partial charge is 0.603 e. The van der Waals surface area contributed by atoms with Gasteiger partial charge in [0.25, 0.3) is 0 Å². The van der Waals surface area contributed by atoms with Crippen LogP contribution in [0.2, 0.25) is 0 Å². The molecule has 2 unspecified atom stereocenters. The standard InChI is InChI=1S/C26H32N5O6P/c1-16(2)10-23(37-38(36)14-24(32)33)31-26(35)22(12-19-13-28-15-29-19)30-25(34)21(27)11-18-8-5-7-17-6-3-4-9-20(17)18/h3-9,13-16,21-23H,10-12,27H2,1-2H3,(H,28,29)(H,30,34)(H,31,35)(H,32,33)/t21-,22?,23+/m1/s1. The Hall–Kier alpha value is -3.63. The Morgan fingerprint density at radius 1 is 1.13 bits per heavy atom. The zero-order valence-corrected chi connectivity index (χ0v) is 22.1. The number of carboxylic acid groups (broad SMARTS) is 1. The molecule has 2 aromatic carbocycles. The fourth-order valence-electron chi connectivity index (χ4n) is 3.97. The number of nitrogens with zero attached hydrogens (tertiary/aromatic N) is 1. The van der Waals surface area contributed by atoms with E-state index in [4.69, 9.17) is 15.4 Å². The van der Waals surface area contributed by atoms with Crippen LogP contribution in [-0.4, -0.2) is 57.0 Å². The Morgan fingerprint density at radius 2 is 1.87 bits per heavy atom. The summed E-state index contributed by atoms with van der Waals surface area (Å²) in [4.78, 5) is 56.1. The van der Waals surface area contributed by atoms with Crippen LogP contribution in [0, 0.1) is 5.92 Å². The van der Waals surface area contributed by atoms with E-state index in [9.17, 15) is 19.3 Å². The van der Waals surface area contributed by atoms with Crippen molar-refractivity contribution in [1.82, 2.24) is 20.6 Å². The number of hydrogen-bond acceptors (Lipinski definition) is 7. The number of carbonyl (C=O) groups is 3. The molecule has 0 aliphatic carbocycles. The van der Waals surface area contributed by atoms with Gasteiger partial charge in [-0.3, -0.25) is 9.59 Å². The summed E-state index contributed by atoms with van der Waals surface area (Å²) in [5, 5.41) is 16.2. The van der Waals surface area contributed by atoms with Crippen molar-refractivity contribution < 1.29 is 28.9 Å². The molecule has 4 atom stereocenters. The van der Waals surface area contributed by atoms with Crippen molar-refractivity contribution in [2.75, 3.05) is 0 Å². The molecule has 11 nitrogen and oxygen atoms in total. The van der Waals surface area contributed by atoms with Gasteiger partial charge in [-0.1, -0.05) is 56.3 Å². The number of carbonyl (C=O) groups excluding carboxylic acids is 2. The van der Waals surface area contributed by atoms with E-state index in [0.29, 0.717) is 11.5 Å². The summed E-state index contributed by atoms with van der Waals surface area (Å²) < 4.78 is 5.28. The molecular formula is C26H32N5O6P. The van der Waals surface area contributed by atoms with Crippen LogP contribution < -0.4 is 21.3 Å². The van der Waals surface area contributed by atoms with Gasteiger partial charge in [0.05, 0.1) is 12.4 Å². The molecule has 0 saturated heterocycles. The van der Waals surface area contributed by atoms with Gasteiger partial charge in [0, 0.05) is 18.3 Å². The minimum atomic E-state index is -2.66. The van der Waals surface area contributed by atoms with E-state index in [1.165, 1.54) is 12.5 Å². The van der Waals surface area contributed by atoms with Gasteiger partial charge in [-0.2, -0.15) is 4.52 Å². The second kappa shape index (κ2) is 13.8. The molecule has 202 valence electrons. The predicted molar refractivity (Wildman–Crippen MR) is 143 cm³/mol. The molecule has 3 aromatic rings. The zero-order valence-electron chi connectivity index (χ0n) is 21.2. The molecular weight excluding hydrogens is 509 g/mol. The first-order chi connectivity index (χ1) is 18.1. The first-order valence-corrected chi connectivity index (χ1v) is 13.4. The Bertz CT molecular complexity index is 1270. The molecule has 0 aliphatic rings. The number of aromatic nitrogens is 2. The van der Waals surface area contributed by atoms with Gasteiger partial charge in [-0.15, -0.1) is 0 Å². The normalized spacial score (nSPS) is 14.2. The van der Waals surface area contributed by atoms with Crippen LogP contribution >= 0.6 is 8.00 Å². The van der Waals surface area contributed by atoms with Gasteiger partial charge in [0.15, 0.2) is 6.23 Å². The quantitative estimate of drug-likeness (QED) is 0.158. The van der Waals surface area contributed by atoms with Gasteiger partial charge in [-0.05, 0) is 35.1 Å². The molecule has 0 radical (unpaired) electrons. The van der Waals surface area contributed by atoms with Crippen molar-refractivity contribution in [3.63, 3.8) is 0 Å². The lowest BCUT2D eigenvalue weighted by Crippen LogP contribution is -2.54.